The Morgan fingerprint density at radius 2 is 1.67 bits per heavy atom. The van der Waals surface area contributed by atoms with E-state index >= 15 is 0 Å². The monoisotopic (exact) mass is 216 g/mol. The van der Waals surface area contributed by atoms with Crippen molar-refractivity contribution < 1.29 is 29.7 Å². The molecule has 0 spiro atoms. The molecule has 0 amide bonds. The molecule has 0 aromatic carbocycles. The van der Waals surface area contributed by atoms with E-state index in [1.54, 1.807) is 0 Å². The first kappa shape index (κ1) is 13.6. The van der Waals surface area contributed by atoms with Crippen molar-refractivity contribution in [2.24, 2.45) is 11.8 Å². The molecule has 0 saturated heterocycles. The number of aliphatic hydroxyl groups excluding tert-OH is 1. The van der Waals surface area contributed by atoms with Gasteiger partial charge in [-0.15, -0.1) is 0 Å². The van der Waals surface area contributed by atoms with Crippen molar-refractivity contribution in [3.63, 3.8) is 0 Å². The number of aliphatic hydroxyl groups is 1. The molecular weight excluding hydrogens is 204 g/mol. The van der Waals surface area contributed by atoms with Crippen LogP contribution in [0.2, 0.25) is 0 Å². The molecule has 86 valence electrons. The summed E-state index contributed by atoms with van der Waals surface area (Å²) in [6.45, 7) is 2.94. The van der Waals surface area contributed by atoms with Crippen LogP contribution < -0.4 is 10.2 Å². The van der Waals surface area contributed by atoms with E-state index < -0.39 is 42.1 Å². The molecule has 0 radical (unpaired) electrons. The average Bonchev–Trinajstić information content (AvgIpc) is 2.10. The smallest absolute Gasteiger partial charge is 0.164 e. The highest BCUT2D eigenvalue weighted by Crippen LogP contribution is 2.12. The Kier molecular flexibility index (Phi) is 4.93. The number of Topliss-reactive ketones (excluding diaryl/α,β-unsaturated/α-hetero) is 1. The Morgan fingerprint density at radius 3 is 1.93 bits per heavy atom. The lowest BCUT2D eigenvalue weighted by Crippen LogP contribution is -2.46. The summed E-state index contributed by atoms with van der Waals surface area (Å²) < 4.78 is 0. The second-order valence-electron chi connectivity index (χ2n) is 3.50. The first-order valence-electron chi connectivity index (χ1n) is 4.39. The number of rotatable bonds is 6. The zero-order valence-electron chi connectivity index (χ0n) is 8.43. The molecule has 0 bridgehead atoms. The summed E-state index contributed by atoms with van der Waals surface area (Å²) in [6.07, 6.45) is -2.81. The Hall–Kier alpha value is -1.43. The Morgan fingerprint density at radius 1 is 1.20 bits per heavy atom. The number of hydrogen-bond donors (Lipinski definition) is 1. The number of carbonyl (C=O) groups excluding carboxylic acids is 3. The highest BCUT2D eigenvalue weighted by Gasteiger charge is 2.28. The molecule has 0 aromatic heterocycles. The maximum atomic E-state index is 11.2. The SMILES string of the molecule is CC(C)C(=O)C(O)C(CC(=O)[O-])C(=O)[O-]. The van der Waals surface area contributed by atoms with Gasteiger partial charge in [-0.05, 0) is 6.42 Å². The van der Waals surface area contributed by atoms with E-state index in [1.165, 1.54) is 13.8 Å². The van der Waals surface area contributed by atoms with Crippen molar-refractivity contribution in [1.29, 1.82) is 0 Å². The molecule has 15 heavy (non-hydrogen) atoms. The molecule has 0 aliphatic carbocycles. The van der Waals surface area contributed by atoms with Crippen LogP contribution in [0.5, 0.6) is 0 Å². The molecule has 0 saturated carbocycles. The minimum absolute atomic E-state index is 0.580. The van der Waals surface area contributed by atoms with Crippen molar-refractivity contribution in [3.05, 3.63) is 0 Å². The third-order valence-corrected chi connectivity index (χ3v) is 1.93. The van der Waals surface area contributed by atoms with Gasteiger partial charge in [0.1, 0.15) is 6.10 Å². The van der Waals surface area contributed by atoms with E-state index in [2.05, 4.69) is 0 Å². The fraction of sp³-hybridized carbons (Fsp3) is 0.667. The molecule has 0 aliphatic rings. The highest BCUT2D eigenvalue weighted by atomic mass is 16.4. The van der Waals surface area contributed by atoms with Gasteiger partial charge in [0, 0.05) is 23.8 Å². The normalized spacial score (nSPS) is 14.7. The zero-order valence-corrected chi connectivity index (χ0v) is 8.43. The van der Waals surface area contributed by atoms with Crippen LogP contribution in [-0.4, -0.2) is 28.9 Å². The van der Waals surface area contributed by atoms with Gasteiger partial charge in [0.2, 0.25) is 0 Å². The van der Waals surface area contributed by atoms with Crippen LogP contribution >= 0.6 is 0 Å². The van der Waals surface area contributed by atoms with Crippen molar-refractivity contribution >= 4 is 17.7 Å². The van der Waals surface area contributed by atoms with Crippen LogP contribution in [0.4, 0.5) is 0 Å². The van der Waals surface area contributed by atoms with Crippen LogP contribution in [0.15, 0.2) is 0 Å². The summed E-state index contributed by atoms with van der Waals surface area (Å²) in [6, 6.07) is 0. The van der Waals surface area contributed by atoms with Gasteiger partial charge >= 0.3 is 0 Å². The molecular formula is C9H12O6-2. The van der Waals surface area contributed by atoms with E-state index in [1.807, 2.05) is 0 Å². The van der Waals surface area contributed by atoms with Crippen molar-refractivity contribution in [2.75, 3.05) is 0 Å². The third kappa shape index (κ3) is 4.07. The molecule has 2 atom stereocenters. The topological polar surface area (TPSA) is 118 Å². The molecule has 0 heterocycles. The van der Waals surface area contributed by atoms with Crippen LogP contribution in [0.3, 0.4) is 0 Å². The maximum Gasteiger partial charge on any atom is 0.164 e. The summed E-state index contributed by atoms with van der Waals surface area (Å²) in [5.74, 6) is -6.50. The van der Waals surface area contributed by atoms with Gasteiger partial charge in [0.15, 0.2) is 5.78 Å². The molecule has 1 N–H and O–H groups in total. The van der Waals surface area contributed by atoms with Crippen LogP contribution in [0.1, 0.15) is 20.3 Å². The lowest BCUT2D eigenvalue weighted by molar-refractivity contribution is -0.322. The molecule has 0 rings (SSSR count). The van der Waals surface area contributed by atoms with Gasteiger partial charge in [-0.2, -0.15) is 0 Å². The fourth-order valence-corrected chi connectivity index (χ4v) is 1.04. The summed E-state index contributed by atoms with van der Waals surface area (Å²) in [5, 5.41) is 30.0. The highest BCUT2D eigenvalue weighted by molar-refractivity contribution is 5.90. The van der Waals surface area contributed by atoms with Gasteiger partial charge in [0.25, 0.3) is 0 Å². The third-order valence-electron chi connectivity index (χ3n) is 1.93. The van der Waals surface area contributed by atoms with Crippen LogP contribution in [0, 0.1) is 11.8 Å². The van der Waals surface area contributed by atoms with Crippen LogP contribution in [0.25, 0.3) is 0 Å². The summed E-state index contributed by atoms with van der Waals surface area (Å²) in [5.41, 5.74) is 0. The number of carboxylic acids is 2. The molecule has 6 heteroatoms. The standard InChI is InChI=1S/C9H14O6/c1-4(2)7(12)8(13)5(9(14)15)3-6(10)11/h4-5,8,13H,3H2,1-2H3,(H,10,11)(H,14,15)/p-2. The molecule has 2 unspecified atom stereocenters. The predicted octanol–water partition coefficient (Wildman–Crippen LogP) is -2.92. The lowest BCUT2D eigenvalue weighted by atomic mass is 9.91. The van der Waals surface area contributed by atoms with Gasteiger partial charge in [-0.1, -0.05) is 13.8 Å². The fourth-order valence-electron chi connectivity index (χ4n) is 1.04. The van der Waals surface area contributed by atoms with Gasteiger partial charge < -0.3 is 24.9 Å². The predicted molar refractivity (Wildman–Crippen MR) is 44.0 cm³/mol. The number of carboxylic acid groups (broad SMARTS) is 2. The minimum Gasteiger partial charge on any atom is -0.550 e. The van der Waals surface area contributed by atoms with E-state index in [0.29, 0.717) is 0 Å². The van der Waals surface area contributed by atoms with E-state index in [9.17, 15) is 29.7 Å². The Labute approximate surface area is 86.5 Å². The molecule has 6 nitrogen and oxygen atoms in total. The Bertz CT molecular complexity index is 270. The summed E-state index contributed by atoms with van der Waals surface area (Å²) >= 11 is 0. The first-order chi connectivity index (χ1) is 6.77. The largest absolute Gasteiger partial charge is 0.550 e. The van der Waals surface area contributed by atoms with Gasteiger partial charge in [-0.25, -0.2) is 0 Å². The van der Waals surface area contributed by atoms with Crippen molar-refractivity contribution in [2.45, 2.75) is 26.4 Å². The van der Waals surface area contributed by atoms with E-state index in [0.717, 1.165) is 0 Å². The second-order valence-corrected chi connectivity index (χ2v) is 3.50. The lowest BCUT2D eigenvalue weighted by Gasteiger charge is -2.24. The minimum atomic E-state index is -1.87. The number of ketones is 1. The van der Waals surface area contributed by atoms with Crippen molar-refractivity contribution in [1.82, 2.24) is 0 Å². The molecule has 0 fully saturated rings. The molecule has 0 aliphatic heterocycles. The van der Waals surface area contributed by atoms with E-state index in [4.69, 9.17) is 0 Å². The van der Waals surface area contributed by atoms with Gasteiger partial charge in [0.05, 0.1) is 0 Å². The quantitative estimate of drug-likeness (QED) is 0.508. The number of aliphatic carboxylic acids is 2. The second kappa shape index (κ2) is 5.45. The summed E-state index contributed by atoms with van der Waals surface area (Å²) in [4.78, 5) is 31.9. The number of carbonyl (C=O) groups is 3. The van der Waals surface area contributed by atoms with Crippen LogP contribution in [-0.2, 0) is 14.4 Å². The maximum absolute atomic E-state index is 11.2. The number of hydrogen-bond acceptors (Lipinski definition) is 6. The molecule has 0 aromatic rings. The Balaban J connectivity index is 4.70. The first-order valence-corrected chi connectivity index (χ1v) is 4.39. The zero-order chi connectivity index (χ0) is 12.2. The summed E-state index contributed by atoms with van der Waals surface area (Å²) in [7, 11) is 0. The van der Waals surface area contributed by atoms with Gasteiger partial charge in [-0.3, -0.25) is 4.79 Å². The van der Waals surface area contributed by atoms with E-state index in [-0.39, 0.29) is 0 Å². The van der Waals surface area contributed by atoms with Crippen molar-refractivity contribution in [3.8, 4) is 0 Å². The average molecular weight is 216 g/mol.